The number of phenols is 1. The Hall–Kier alpha value is -1.55. The van der Waals surface area contributed by atoms with E-state index in [-0.39, 0.29) is 5.75 Å². The summed E-state index contributed by atoms with van der Waals surface area (Å²) in [6, 6.07) is 5.93. The van der Waals surface area contributed by atoms with Crippen molar-refractivity contribution in [3.05, 3.63) is 29.8 Å². The van der Waals surface area contributed by atoms with Crippen LogP contribution in [0.1, 0.15) is 19.4 Å². The van der Waals surface area contributed by atoms with Crippen LogP contribution in [0.3, 0.4) is 0 Å². The topological polar surface area (TPSA) is 69.6 Å². The van der Waals surface area contributed by atoms with Crippen molar-refractivity contribution in [3.63, 3.8) is 0 Å². The fourth-order valence-electron chi connectivity index (χ4n) is 1.18. The minimum absolute atomic E-state index is 0.185. The molecule has 3 N–H and O–H groups in total. The summed E-state index contributed by atoms with van der Waals surface area (Å²) in [6.07, 6.45) is 0.409. The van der Waals surface area contributed by atoms with Crippen LogP contribution in [0.2, 0.25) is 0 Å². The van der Waals surface area contributed by atoms with Crippen molar-refractivity contribution >= 4 is 5.97 Å². The fraction of sp³-hybridized carbons (Fsp3) is 0.417. The van der Waals surface area contributed by atoms with Gasteiger partial charge in [0.2, 0.25) is 0 Å². The molecule has 1 atom stereocenters. The Morgan fingerprint density at radius 1 is 1.31 bits per heavy atom. The first kappa shape index (κ1) is 14.5. The van der Waals surface area contributed by atoms with Crippen molar-refractivity contribution < 1.29 is 15.0 Å². The van der Waals surface area contributed by atoms with Crippen LogP contribution in [0, 0.1) is 0 Å². The maximum absolute atomic E-state index is 10.7. The number of carbonyl (C=O) groups is 1. The molecule has 0 fully saturated rings. The van der Waals surface area contributed by atoms with E-state index in [9.17, 15) is 4.79 Å². The van der Waals surface area contributed by atoms with Crippen LogP contribution in [0.4, 0.5) is 0 Å². The quantitative estimate of drug-likeness (QED) is 0.728. The van der Waals surface area contributed by atoms with Gasteiger partial charge in [-0.2, -0.15) is 0 Å². The van der Waals surface area contributed by atoms with E-state index in [1.807, 2.05) is 13.8 Å². The Morgan fingerprint density at radius 2 is 1.81 bits per heavy atom. The molecular formula is C12H19NO3. The van der Waals surface area contributed by atoms with E-state index in [1.165, 1.54) is 0 Å². The summed E-state index contributed by atoms with van der Waals surface area (Å²) >= 11 is 0. The molecule has 0 aromatic heterocycles. The molecule has 4 nitrogen and oxygen atoms in total. The molecule has 0 aliphatic heterocycles. The van der Waals surface area contributed by atoms with Gasteiger partial charge in [0.15, 0.2) is 0 Å². The molecule has 0 saturated heterocycles. The standard InChI is InChI=1S/C10H13NO3.C2H6/c1-11-9(10(13)14)6-7-2-4-8(12)5-3-7;1-2/h2-5,9,11-12H,6H2,1H3,(H,13,14);1-2H3. The van der Waals surface area contributed by atoms with Gasteiger partial charge in [-0.15, -0.1) is 0 Å². The SMILES string of the molecule is CC.CNC(Cc1ccc(O)cc1)C(=O)O. The number of likely N-dealkylation sites (N-methyl/N-ethyl adjacent to an activating group) is 1. The number of nitrogens with one attached hydrogen (secondary N) is 1. The Balaban J connectivity index is 0.00000106. The van der Waals surface area contributed by atoms with Crippen LogP contribution < -0.4 is 5.32 Å². The van der Waals surface area contributed by atoms with Crippen molar-refractivity contribution in [2.45, 2.75) is 26.3 Å². The van der Waals surface area contributed by atoms with Crippen LogP contribution in [-0.2, 0) is 11.2 Å². The molecule has 0 amide bonds. The highest BCUT2D eigenvalue weighted by Crippen LogP contribution is 2.11. The summed E-state index contributed by atoms with van der Waals surface area (Å²) < 4.78 is 0. The molecule has 0 spiro atoms. The normalized spacial score (nSPS) is 11.2. The monoisotopic (exact) mass is 225 g/mol. The van der Waals surface area contributed by atoms with Gasteiger partial charge in [-0.05, 0) is 31.2 Å². The molecule has 0 saturated carbocycles. The number of hydrogen-bond acceptors (Lipinski definition) is 3. The molecule has 16 heavy (non-hydrogen) atoms. The Labute approximate surface area is 95.9 Å². The molecule has 0 bridgehead atoms. The molecule has 0 aliphatic rings. The highest BCUT2D eigenvalue weighted by Gasteiger charge is 2.14. The summed E-state index contributed by atoms with van der Waals surface area (Å²) in [6.45, 7) is 4.00. The molecular weight excluding hydrogens is 206 g/mol. The second kappa shape index (κ2) is 7.70. The third kappa shape index (κ3) is 4.79. The Bertz CT molecular complexity index is 309. The first-order chi connectivity index (χ1) is 7.63. The van der Waals surface area contributed by atoms with Crippen LogP contribution in [-0.4, -0.2) is 29.3 Å². The van der Waals surface area contributed by atoms with Gasteiger partial charge in [-0.1, -0.05) is 26.0 Å². The van der Waals surface area contributed by atoms with Crippen molar-refractivity contribution in [3.8, 4) is 5.75 Å². The van der Waals surface area contributed by atoms with Crippen molar-refractivity contribution in [1.29, 1.82) is 0 Å². The number of carboxylic acids is 1. The number of benzene rings is 1. The predicted octanol–water partition coefficient (Wildman–Crippen LogP) is 1.63. The molecule has 0 aliphatic carbocycles. The smallest absolute Gasteiger partial charge is 0.321 e. The zero-order chi connectivity index (χ0) is 12.6. The van der Waals surface area contributed by atoms with Gasteiger partial charge in [-0.25, -0.2) is 0 Å². The average molecular weight is 225 g/mol. The maximum Gasteiger partial charge on any atom is 0.321 e. The maximum atomic E-state index is 10.7. The number of hydrogen-bond donors (Lipinski definition) is 3. The van der Waals surface area contributed by atoms with E-state index < -0.39 is 12.0 Å². The van der Waals surface area contributed by atoms with E-state index >= 15 is 0 Å². The zero-order valence-corrected chi connectivity index (χ0v) is 9.90. The second-order valence-electron chi connectivity index (χ2n) is 3.05. The fourth-order valence-corrected chi connectivity index (χ4v) is 1.18. The van der Waals surface area contributed by atoms with Gasteiger partial charge >= 0.3 is 5.97 Å². The predicted molar refractivity (Wildman–Crippen MR) is 63.6 cm³/mol. The van der Waals surface area contributed by atoms with Gasteiger partial charge in [0.05, 0.1) is 0 Å². The zero-order valence-electron chi connectivity index (χ0n) is 9.90. The first-order valence-electron chi connectivity index (χ1n) is 5.31. The van der Waals surface area contributed by atoms with Gasteiger partial charge in [-0.3, -0.25) is 4.79 Å². The number of phenolic OH excluding ortho intramolecular Hbond substituents is 1. The minimum Gasteiger partial charge on any atom is -0.508 e. The van der Waals surface area contributed by atoms with Gasteiger partial charge < -0.3 is 15.5 Å². The first-order valence-corrected chi connectivity index (χ1v) is 5.31. The summed E-state index contributed by atoms with van der Waals surface area (Å²) in [5.41, 5.74) is 0.879. The third-order valence-electron chi connectivity index (χ3n) is 2.02. The lowest BCUT2D eigenvalue weighted by Gasteiger charge is -2.10. The number of aromatic hydroxyl groups is 1. The Kier molecular flexibility index (Phi) is 6.96. The highest BCUT2D eigenvalue weighted by atomic mass is 16.4. The summed E-state index contributed by atoms with van der Waals surface area (Å²) in [7, 11) is 1.61. The molecule has 1 rings (SSSR count). The molecule has 90 valence electrons. The summed E-state index contributed by atoms with van der Waals surface area (Å²) in [5.74, 6) is -0.689. The molecule has 4 heteroatoms. The van der Waals surface area contributed by atoms with Gasteiger partial charge in [0.1, 0.15) is 11.8 Å². The van der Waals surface area contributed by atoms with Crippen molar-refractivity contribution in [2.24, 2.45) is 0 Å². The lowest BCUT2D eigenvalue weighted by molar-refractivity contribution is -0.139. The van der Waals surface area contributed by atoms with E-state index in [4.69, 9.17) is 10.2 Å². The summed E-state index contributed by atoms with van der Waals surface area (Å²) in [5, 5.41) is 20.5. The third-order valence-corrected chi connectivity index (χ3v) is 2.02. The van der Waals surface area contributed by atoms with Crippen LogP contribution >= 0.6 is 0 Å². The Morgan fingerprint density at radius 3 is 2.19 bits per heavy atom. The molecule has 1 aromatic carbocycles. The summed E-state index contributed by atoms with van der Waals surface area (Å²) in [4.78, 5) is 10.7. The molecule has 0 heterocycles. The van der Waals surface area contributed by atoms with Crippen LogP contribution in [0.25, 0.3) is 0 Å². The van der Waals surface area contributed by atoms with Crippen LogP contribution in [0.5, 0.6) is 5.75 Å². The number of aliphatic carboxylic acids is 1. The van der Waals surface area contributed by atoms with Crippen molar-refractivity contribution in [2.75, 3.05) is 7.05 Å². The van der Waals surface area contributed by atoms with Gasteiger partial charge in [0.25, 0.3) is 0 Å². The van der Waals surface area contributed by atoms with E-state index in [1.54, 1.807) is 31.3 Å². The van der Waals surface area contributed by atoms with Crippen molar-refractivity contribution in [1.82, 2.24) is 5.32 Å². The number of carboxylic acid groups (broad SMARTS) is 1. The molecule has 1 aromatic rings. The lowest BCUT2D eigenvalue weighted by Crippen LogP contribution is -2.35. The minimum atomic E-state index is -0.874. The van der Waals surface area contributed by atoms with Gasteiger partial charge in [0, 0.05) is 0 Å². The van der Waals surface area contributed by atoms with E-state index in [0.29, 0.717) is 6.42 Å². The number of rotatable bonds is 4. The molecule has 1 unspecified atom stereocenters. The lowest BCUT2D eigenvalue weighted by atomic mass is 10.1. The van der Waals surface area contributed by atoms with E-state index in [2.05, 4.69) is 5.32 Å². The average Bonchev–Trinajstić information content (AvgIpc) is 2.30. The highest BCUT2D eigenvalue weighted by molar-refractivity contribution is 5.73. The molecule has 0 radical (unpaired) electrons. The largest absolute Gasteiger partial charge is 0.508 e. The van der Waals surface area contributed by atoms with Crippen LogP contribution in [0.15, 0.2) is 24.3 Å². The second-order valence-corrected chi connectivity index (χ2v) is 3.05. The van der Waals surface area contributed by atoms with E-state index in [0.717, 1.165) is 5.56 Å².